The maximum Gasteiger partial charge on any atom is 0.265 e. The Morgan fingerprint density at radius 1 is 1.16 bits per heavy atom. The average molecular weight is 334 g/mol. The predicted octanol–water partition coefficient (Wildman–Crippen LogP) is 2.29. The Kier molecular flexibility index (Phi) is 4.15. The van der Waals surface area contributed by atoms with Crippen LogP contribution in [0.3, 0.4) is 0 Å². The predicted molar refractivity (Wildman–Crippen MR) is 101 cm³/mol. The van der Waals surface area contributed by atoms with Crippen LogP contribution in [0.15, 0.2) is 54.6 Å². The van der Waals surface area contributed by atoms with E-state index in [1.54, 1.807) is 0 Å². The van der Waals surface area contributed by atoms with Crippen molar-refractivity contribution in [2.45, 2.75) is 12.5 Å². The van der Waals surface area contributed by atoms with Gasteiger partial charge in [-0.1, -0.05) is 30.3 Å². The number of H-pyrrole nitrogens is 1. The summed E-state index contributed by atoms with van der Waals surface area (Å²) in [5, 5.41) is 4.52. The van der Waals surface area contributed by atoms with Crippen molar-refractivity contribution in [3.05, 3.63) is 65.9 Å². The molecule has 0 saturated carbocycles. The Bertz CT molecular complexity index is 887. The zero-order valence-electron chi connectivity index (χ0n) is 14.0. The fourth-order valence-corrected chi connectivity index (χ4v) is 3.60. The van der Waals surface area contributed by atoms with Crippen molar-refractivity contribution < 1.29 is 4.79 Å². The van der Waals surface area contributed by atoms with Crippen LogP contribution in [0.5, 0.6) is 0 Å². The highest BCUT2D eigenvalue weighted by Crippen LogP contribution is 2.26. The third kappa shape index (κ3) is 3.23. The highest BCUT2D eigenvalue weighted by molar-refractivity contribution is 5.97. The van der Waals surface area contributed by atoms with Crippen molar-refractivity contribution in [1.82, 2.24) is 10.3 Å². The minimum Gasteiger partial charge on any atom is -0.366 e. The zero-order valence-corrected chi connectivity index (χ0v) is 14.0. The second kappa shape index (κ2) is 6.61. The van der Waals surface area contributed by atoms with Crippen LogP contribution in [0.2, 0.25) is 0 Å². The number of nitrogens with one attached hydrogen (secondary N) is 2. The SMILES string of the molecule is NC(=O)c1cc2cc(N3CCNC[C@H]3Cc3ccccc3)ccc2[nH]1. The minimum atomic E-state index is -0.429. The fourth-order valence-electron chi connectivity index (χ4n) is 3.60. The van der Waals surface area contributed by atoms with Crippen LogP contribution in [-0.4, -0.2) is 36.6 Å². The van der Waals surface area contributed by atoms with Gasteiger partial charge >= 0.3 is 0 Å². The largest absolute Gasteiger partial charge is 0.366 e. The first kappa shape index (κ1) is 15.7. The van der Waals surface area contributed by atoms with Crippen molar-refractivity contribution in [2.75, 3.05) is 24.5 Å². The van der Waals surface area contributed by atoms with E-state index in [9.17, 15) is 4.79 Å². The van der Waals surface area contributed by atoms with Crippen molar-refractivity contribution >= 4 is 22.5 Å². The van der Waals surface area contributed by atoms with Crippen LogP contribution in [0.1, 0.15) is 16.1 Å². The topological polar surface area (TPSA) is 74.2 Å². The first-order chi connectivity index (χ1) is 12.2. The molecule has 1 fully saturated rings. The van der Waals surface area contributed by atoms with Gasteiger partial charge in [0, 0.05) is 42.3 Å². The fraction of sp³-hybridized carbons (Fsp3) is 0.250. The molecule has 0 spiro atoms. The Morgan fingerprint density at radius 3 is 2.80 bits per heavy atom. The van der Waals surface area contributed by atoms with E-state index in [-0.39, 0.29) is 0 Å². The van der Waals surface area contributed by atoms with Gasteiger partial charge in [0.2, 0.25) is 0 Å². The van der Waals surface area contributed by atoms with Gasteiger partial charge in [-0.2, -0.15) is 0 Å². The summed E-state index contributed by atoms with van der Waals surface area (Å²) in [7, 11) is 0. The molecule has 1 aliphatic heterocycles. The highest BCUT2D eigenvalue weighted by Gasteiger charge is 2.23. The average Bonchev–Trinajstić information content (AvgIpc) is 3.07. The number of carbonyl (C=O) groups excluding carboxylic acids is 1. The number of anilines is 1. The van der Waals surface area contributed by atoms with Gasteiger partial charge in [0.15, 0.2) is 0 Å². The lowest BCUT2D eigenvalue weighted by Crippen LogP contribution is -2.52. The molecule has 3 aromatic rings. The van der Waals surface area contributed by atoms with Crippen LogP contribution >= 0.6 is 0 Å². The lowest BCUT2D eigenvalue weighted by atomic mass is 10.0. The molecule has 1 aliphatic rings. The minimum absolute atomic E-state index is 0.406. The summed E-state index contributed by atoms with van der Waals surface area (Å²) in [6, 6.07) is 19.1. The smallest absolute Gasteiger partial charge is 0.265 e. The van der Waals surface area contributed by atoms with Gasteiger partial charge in [-0.05, 0) is 36.2 Å². The number of carbonyl (C=O) groups is 1. The number of nitrogens with two attached hydrogens (primary N) is 1. The number of rotatable bonds is 4. The van der Waals surface area contributed by atoms with E-state index in [0.717, 1.165) is 37.0 Å². The van der Waals surface area contributed by atoms with Crippen LogP contribution in [0.25, 0.3) is 10.9 Å². The number of nitrogens with zero attached hydrogens (tertiary/aromatic N) is 1. The van der Waals surface area contributed by atoms with E-state index < -0.39 is 5.91 Å². The number of benzene rings is 2. The molecule has 5 nitrogen and oxygen atoms in total. The van der Waals surface area contributed by atoms with E-state index in [0.29, 0.717) is 11.7 Å². The second-order valence-corrected chi connectivity index (χ2v) is 6.56. The van der Waals surface area contributed by atoms with Crippen LogP contribution in [-0.2, 0) is 6.42 Å². The molecule has 5 heteroatoms. The molecule has 1 amide bonds. The standard InChI is InChI=1S/C20H22N4O/c21-20(25)19-12-15-11-16(6-7-18(15)23-19)24-9-8-22-13-17(24)10-14-4-2-1-3-5-14/h1-7,11-12,17,22-23H,8-10,13H2,(H2,21,25)/t17-/m1/s1. The summed E-state index contributed by atoms with van der Waals surface area (Å²) in [5.41, 5.74) is 9.30. The molecule has 4 N–H and O–H groups in total. The highest BCUT2D eigenvalue weighted by atomic mass is 16.1. The van der Waals surface area contributed by atoms with Crippen molar-refractivity contribution in [2.24, 2.45) is 5.73 Å². The number of aromatic nitrogens is 1. The maximum absolute atomic E-state index is 11.4. The van der Waals surface area contributed by atoms with Gasteiger partial charge in [-0.3, -0.25) is 4.79 Å². The summed E-state index contributed by atoms with van der Waals surface area (Å²) in [6.07, 6.45) is 1.01. The molecular weight excluding hydrogens is 312 g/mol. The van der Waals surface area contributed by atoms with E-state index >= 15 is 0 Å². The van der Waals surface area contributed by atoms with E-state index in [1.165, 1.54) is 11.3 Å². The number of primary amides is 1. The van der Waals surface area contributed by atoms with Gasteiger partial charge in [0.05, 0.1) is 0 Å². The molecule has 1 aromatic heterocycles. The molecular formula is C20H22N4O. The molecule has 0 aliphatic carbocycles. The van der Waals surface area contributed by atoms with Gasteiger partial charge < -0.3 is 20.9 Å². The quantitative estimate of drug-likeness (QED) is 0.685. The molecule has 2 aromatic carbocycles. The van der Waals surface area contributed by atoms with Crippen LogP contribution in [0, 0.1) is 0 Å². The van der Waals surface area contributed by atoms with Gasteiger partial charge in [0.25, 0.3) is 5.91 Å². The number of amides is 1. The van der Waals surface area contributed by atoms with E-state index in [2.05, 4.69) is 57.7 Å². The maximum atomic E-state index is 11.4. The van der Waals surface area contributed by atoms with Gasteiger partial charge in [-0.15, -0.1) is 0 Å². The summed E-state index contributed by atoms with van der Waals surface area (Å²) < 4.78 is 0. The zero-order chi connectivity index (χ0) is 17.2. The molecule has 1 atom stereocenters. The summed E-state index contributed by atoms with van der Waals surface area (Å²) in [5.74, 6) is -0.429. The van der Waals surface area contributed by atoms with Crippen molar-refractivity contribution in [1.29, 1.82) is 0 Å². The van der Waals surface area contributed by atoms with Gasteiger partial charge in [-0.25, -0.2) is 0 Å². The second-order valence-electron chi connectivity index (χ2n) is 6.56. The van der Waals surface area contributed by atoms with E-state index in [1.807, 2.05) is 12.1 Å². The normalized spacial score (nSPS) is 17.8. The van der Waals surface area contributed by atoms with E-state index in [4.69, 9.17) is 5.73 Å². The third-order valence-corrected chi connectivity index (χ3v) is 4.87. The monoisotopic (exact) mass is 334 g/mol. The van der Waals surface area contributed by atoms with Crippen LogP contribution in [0.4, 0.5) is 5.69 Å². The number of hydrogen-bond acceptors (Lipinski definition) is 3. The molecule has 4 rings (SSSR count). The van der Waals surface area contributed by atoms with Crippen molar-refractivity contribution in [3.63, 3.8) is 0 Å². The first-order valence-corrected chi connectivity index (χ1v) is 8.64. The molecule has 1 saturated heterocycles. The molecule has 0 bridgehead atoms. The summed E-state index contributed by atoms with van der Waals surface area (Å²) in [4.78, 5) is 16.9. The molecule has 25 heavy (non-hydrogen) atoms. The molecule has 128 valence electrons. The molecule has 0 radical (unpaired) electrons. The summed E-state index contributed by atoms with van der Waals surface area (Å²) >= 11 is 0. The molecule has 2 heterocycles. The van der Waals surface area contributed by atoms with Crippen molar-refractivity contribution in [3.8, 4) is 0 Å². The summed E-state index contributed by atoms with van der Waals surface area (Å²) in [6.45, 7) is 2.91. The Balaban J connectivity index is 1.63. The lowest BCUT2D eigenvalue weighted by Gasteiger charge is -2.38. The number of fused-ring (bicyclic) bond motifs is 1. The number of hydrogen-bond donors (Lipinski definition) is 3. The first-order valence-electron chi connectivity index (χ1n) is 8.64. The van der Waals surface area contributed by atoms with Gasteiger partial charge in [0.1, 0.15) is 5.69 Å². The third-order valence-electron chi connectivity index (χ3n) is 4.87. The Hall–Kier alpha value is -2.79. The Labute approximate surface area is 146 Å². The molecule has 0 unspecified atom stereocenters. The lowest BCUT2D eigenvalue weighted by molar-refractivity contribution is 0.0996. The number of aromatic amines is 1. The number of piperazine rings is 1. The van der Waals surface area contributed by atoms with Crippen LogP contribution < -0.4 is 16.0 Å². The Morgan fingerprint density at radius 2 is 2.00 bits per heavy atom.